The Hall–Kier alpha value is -2.49. The molecule has 1 N–H and O–H groups in total. The summed E-state index contributed by atoms with van der Waals surface area (Å²) >= 11 is 0. The molecule has 2 heterocycles. The fourth-order valence-corrected chi connectivity index (χ4v) is 2.00. The molecule has 94 valence electrons. The minimum absolute atomic E-state index is 0.163. The highest BCUT2D eigenvalue weighted by Gasteiger charge is 2.15. The van der Waals surface area contributed by atoms with E-state index in [2.05, 4.69) is 27.1 Å². The number of nitrogens with one attached hydrogen (secondary N) is 1. The predicted molar refractivity (Wildman–Crippen MR) is 72.6 cm³/mol. The second kappa shape index (κ2) is 5.02. The van der Waals surface area contributed by atoms with Crippen molar-refractivity contribution in [2.45, 2.75) is 12.8 Å². The molecule has 0 radical (unpaired) electrons. The first-order chi connectivity index (χ1) is 9.34. The molecule has 1 aliphatic carbocycles. The molecule has 0 unspecified atom stereocenters. The number of allylic oxidation sites excluding steroid dienone is 4. The van der Waals surface area contributed by atoms with Crippen molar-refractivity contribution in [2.24, 2.45) is 0 Å². The van der Waals surface area contributed by atoms with E-state index in [0.717, 1.165) is 24.2 Å². The summed E-state index contributed by atoms with van der Waals surface area (Å²) < 4.78 is 0. The number of nitrogens with zero attached hydrogens (tertiary/aromatic N) is 2. The molecule has 0 bridgehead atoms. The molecular formula is C15H13N3O. The van der Waals surface area contributed by atoms with Crippen molar-refractivity contribution in [2.75, 3.05) is 0 Å². The van der Waals surface area contributed by atoms with Gasteiger partial charge in [0, 0.05) is 18.0 Å². The third-order valence-corrected chi connectivity index (χ3v) is 2.98. The molecule has 4 heteroatoms. The van der Waals surface area contributed by atoms with E-state index in [1.54, 1.807) is 30.6 Å². The van der Waals surface area contributed by atoms with Crippen LogP contribution in [0.2, 0.25) is 0 Å². The Morgan fingerprint density at radius 1 is 1.21 bits per heavy atom. The van der Waals surface area contributed by atoms with Gasteiger partial charge in [0.1, 0.15) is 17.2 Å². The molecule has 1 aliphatic rings. The number of ketones is 1. The lowest BCUT2D eigenvalue weighted by molar-refractivity contribution is 0.103. The number of hydrogen-bond acceptors (Lipinski definition) is 3. The Morgan fingerprint density at radius 3 is 2.89 bits per heavy atom. The van der Waals surface area contributed by atoms with Crippen LogP contribution >= 0.6 is 0 Å². The van der Waals surface area contributed by atoms with Crippen LogP contribution in [-0.2, 0) is 0 Å². The minimum Gasteiger partial charge on any atom is -0.344 e. The maximum absolute atomic E-state index is 12.2. The van der Waals surface area contributed by atoms with Crippen LogP contribution in [0, 0.1) is 0 Å². The molecule has 0 aromatic carbocycles. The fraction of sp³-hybridized carbons (Fsp3) is 0.133. The summed E-state index contributed by atoms with van der Waals surface area (Å²) in [5.41, 5.74) is 1.84. The van der Waals surface area contributed by atoms with Gasteiger partial charge in [0.25, 0.3) is 0 Å². The van der Waals surface area contributed by atoms with Gasteiger partial charge in [0.15, 0.2) is 0 Å². The Labute approximate surface area is 110 Å². The summed E-state index contributed by atoms with van der Waals surface area (Å²) in [5, 5.41) is 0. The van der Waals surface area contributed by atoms with Crippen molar-refractivity contribution >= 4 is 11.4 Å². The Morgan fingerprint density at radius 2 is 2.16 bits per heavy atom. The van der Waals surface area contributed by atoms with E-state index >= 15 is 0 Å². The van der Waals surface area contributed by atoms with Crippen LogP contribution in [0.15, 0.2) is 48.8 Å². The lowest BCUT2D eigenvalue weighted by Crippen LogP contribution is -2.04. The van der Waals surface area contributed by atoms with Crippen molar-refractivity contribution < 1.29 is 4.79 Å². The van der Waals surface area contributed by atoms with E-state index in [1.807, 2.05) is 6.08 Å². The molecule has 19 heavy (non-hydrogen) atoms. The topological polar surface area (TPSA) is 58.6 Å². The van der Waals surface area contributed by atoms with Crippen LogP contribution in [0.3, 0.4) is 0 Å². The summed E-state index contributed by atoms with van der Waals surface area (Å²) in [7, 11) is 0. The minimum atomic E-state index is -0.163. The monoisotopic (exact) mass is 251 g/mol. The average molecular weight is 251 g/mol. The predicted octanol–water partition coefficient (Wildman–Crippen LogP) is 2.77. The van der Waals surface area contributed by atoms with Crippen LogP contribution in [0.5, 0.6) is 0 Å². The Bertz CT molecular complexity index is 653. The van der Waals surface area contributed by atoms with Crippen LogP contribution in [0.4, 0.5) is 0 Å². The highest BCUT2D eigenvalue weighted by atomic mass is 16.1. The molecule has 3 rings (SSSR count). The van der Waals surface area contributed by atoms with E-state index in [0.29, 0.717) is 11.4 Å². The Balaban J connectivity index is 1.88. The lowest BCUT2D eigenvalue weighted by atomic mass is 10.1. The average Bonchev–Trinajstić information content (AvgIpc) is 2.98. The first-order valence-corrected chi connectivity index (χ1v) is 6.23. The van der Waals surface area contributed by atoms with Gasteiger partial charge in [0.05, 0.1) is 0 Å². The van der Waals surface area contributed by atoms with Crippen LogP contribution in [-0.4, -0.2) is 20.7 Å². The summed E-state index contributed by atoms with van der Waals surface area (Å²) in [5.74, 6) is 0.568. The smallest absolute Gasteiger partial charge is 0.231 e. The maximum atomic E-state index is 12.2. The molecule has 0 atom stereocenters. The zero-order valence-corrected chi connectivity index (χ0v) is 10.3. The van der Waals surface area contributed by atoms with Crippen molar-refractivity contribution in [1.82, 2.24) is 15.0 Å². The Kier molecular flexibility index (Phi) is 3.06. The standard InChI is InChI=1S/C15H13N3O/c19-14(12-8-4-5-9-16-12)13-10-17-15(18-13)11-6-2-1-3-7-11/h2,4-10H,1,3H2,(H,17,18). The van der Waals surface area contributed by atoms with Gasteiger partial charge in [-0.3, -0.25) is 9.78 Å². The van der Waals surface area contributed by atoms with Crippen molar-refractivity contribution in [3.63, 3.8) is 0 Å². The zero-order valence-electron chi connectivity index (χ0n) is 10.3. The third kappa shape index (κ3) is 2.38. The van der Waals surface area contributed by atoms with Gasteiger partial charge < -0.3 is 4.98 Å². The van der Waals surface area contributed by atoms with Gasteiger partial charge in [-0.15, -0.1) is 0 Å². The van der Waals surface area contributed by atoms with Gasteiger partial charge in [-0.25, -0.2) is 4.98 Å². The number of carbonyl (C=O) groups excluding carboxylic acids is 1. The number of pyridine rings is 1. The molecule has 4 nitrogen and oxygen atoms in total. The highest BCUT2D eigenvalue weighted by Crippen LogP contribution is 2.19. The summed E-state index contributed by atoms with van der Waals surface area (Å²) in [4.78, 5) is 23.6. The number of carbonyl (C=O) groups is 1. The fourth-order valence-electron chi connectivity index (χ4n) is 2.00. The number of H-pyrrole nitrogens is 1. The van der Waals surface area contributed by atoms with E-state index in [1.165, 1.54) is 0 Å². The quantitative estimate of drug-likeness (QED) is 0.853. The number of aromatic amines is 1. The van der Waals surface area contributed by atoms with E-state index in [4.69, 9.17) is 0 Å². The second-order valence-corrected chi connectivity index (χ2v) is 4.32. The van der Waals surface area contributed by atoms with Gasteiger partial charge in [0.2, 0.25) is 5.78 Å². The van der Waals surface area contributed by atoms with Gasteiger partial charge in [-0.2, -0.15) is 0 Å². The molecular weight excluding hydrogens is 238 g/mol. The number of aromatic nitrogens is 3. The van der Waals surface area contributed by atoms with Crippen LogP contribution in [0.1, 0.15) is 34.8 Å². The second-order valence-electron chi connectivity index (χ2n) is 4.32. The van der Waals surface area contributed by atoms with E-state index in [9.17, 15) is 4.79 Å². The molecule has 0 saturated heterocycles. The van der Waals surface area contributed by atoms with E-state index in [-0.39, 0.29) is 5.78 Å². The van der Waals surface area contributed by atoms with Crippen molar-refractivity contribution in [3.8, 4) is 0 Å². The molecule has 0 spiro atoms. The summed E-state index contributed by atoms with van der Waals surface area (Å²) in [6.45, 7) is 0. The number of hydrogen-bond donors (Lipinski definition) is 1. The summed E-state index contributed by atoms with van der Waals surface area (Å²) in [6, 6.07) is 5.26. The molecule has 2 aromatic heterocycles. The van der Waals surface area contributed by atoms with Crippen LogP contribution < -0.4 is 0 Å². The number of imidazole rings is 1. The largest absolute Gasteiger partial charge is 0.344 e. The molecule has 2 aromatic rings. The summed E-state index contributed by atoms with van der Waals surface area (Å²) in [6.07, 6.45) is 11.6. The lowest BCUT2D eigenvalue weighted by Gasteiger charge is -2.02. The normalized spacial score (nSPS) is 14.2. The molecule has 0 aliphatic heterocycles. The van der Waals surface area contributed by atoms with Gasteiger partial charge in [-0.05, 0) is 25.0 Å². The van der Waals surface area contributed by atoms with Gasteiger partial charge in [-0.1, -0.05) is 24.3 Å². The van der Waals surface area contributed by atoms with Crippen molar-refractivity contribution in [3.05, 3.63) is 66.0 Å². The zero-order chi connectivity index (χ0) is 13.1. The third-order valence-electron chi connectivity index (χ3n) is 2.98. The SMILES string of the molecule is O=C(c1ccccn1)c1c[nH]c(C2=CCCC=C2)n1. The highest BCUT2D eigenvalue weighted by molar-refractivity contribution is 6.06. The van der Waals surface area contributed by atoms with Gasteiger partial charge >= 0.3 is 0 Å². The number of rotatable bonds is 3. The van der Waals surface area contributed by atoms with E-state index < -0.39 is 0 Å². The molecule has 0 amide bonds. The maximum Gasteiger partial charge on any atom is 0.231 e. The first-order valence-electron chi connectivity index (χ1n) is 6.23. The molecule has 0 fully saturated rings. The van der Waals surface area contributed by atoms with Crippen LogP contribution in [0.25, 0.3) is 5.57 Å². The molecule has 0 saturated carbocycles. The van der Waals surface area contributed by atoms with Crippen molar-refractivity contribution in [1.29, 1.82) is 0 Å². The first kappa shape index (κ1) is 11.6.